The molecule has 2 aliphatic rings. The summed E-state index contributed by atoms with van der Waals surface area (Å²) in [4.78, 5) is 12.1. The zero-order valence-electron chi connectivity index (χ0n) is 20.2. The van der Waals surface area contributed by atoms with Gasteiger partial charge in [-0.05, 0) is 31.4 Å². The van der Waals surface area contributed by atoms with Crippen LogP contribution in [-0.4, -0.2) is 107 Å². The molecular weight excluding hydrogens is 402 g/mol. The van der Waals surface area contributed by atoms with Crippen molar-refractivity contribution in [1.29, 1.82) is 0 Å². The molecule has 1 aromatic carbocycles. The number of rotatable bonds is 12. The third-order valence-electron chi connectivity index (χ3n) is 6.48. The van der Waals surface area contributed by atoms with Gasteiger partial charge in [0.05, 0.1) is 19.8 Å². The Balaban J connectivity index is 1.22. The van der Waals surface area contributed by atoms with Crippen molar-refractivity contribution in [3.8, 4) is 0 Å². The summed E-state index contributed by atoms with van der Waals surface area (Å²) in [5, 5.41) is 3.57. The molecule has 0 saturated carbocycles. The first-order chi connectivity index (χ1) is 15.8. The number of piperazine rings is 1. The monoisotopic (exact) mass is 445 g/mol. The van der Waals surface area contributed by atoms with Crippen LogP contribution in [0.2, 0.25) is 0 Å². The molecule has 1 N–H and O–H groups in total. The first-order valence-electron chi connectivity index (χ1n) is 12.3. The second-order valence-corrected chi connectivity index (χ2v) is 8.95. The first-order valence-corrected chi connectivity index (χ1v) is 12.3. The summed E-state index contributed by atoms with van der Waals surface area (Å²) in [6.07, 6.45) is 3.59. The van der Waals surface area contributed by atoms with E-state index in [9.17, 15) is 0 Å². The Hall–Kier alpha value is -1.67. The van der Waals surface area contributed by atoms with E-state index in [0.29, 0.717) is 19.1 Å². The van der Waals surface area contributed by atoms with Crippen molar-refractivity contribution in [2.75, 3.05) is 86.3 Å². The van der Waals surface area contributed by atoms with Gasteiger partial charge >= 0.3 is 0 Å². The fourth-order valence-corrected chi connectivity index (χ4v) is 4.56. The van der Waals surface area contributed by atoms with Crippen molar-refractivity contribution >= 4 is 5.96 Å². The quantitative estimate of drug-likeness (QED) is 0.302. The Morgan fingerprint density at radius 2 is 1.81 bits per heavy atom. The van der Waals surface area contributed by atoms with Gasteiger partial charge in [-0.25, -0.2) is 0 Å². The van der Waals surface area contributed by atoms with E-state index in [1.807, 2.05) is 7.05 Å². The summed E-state index contributed by atoms with van der Waals surface area (Å²) in [7, 11) is 3.60. The van der Waals surface area contributed by atoms with Crippen molar-refractivity contribution < 1.29 is 9.47 Å². The molecule has 0 aliphatic carbocycles. The summed E-state index contributed by atoms with van der Waals surface area (Å²) in [6.45, 7) is 12.2. The predicted molar refractivity (Wildman–Crippen MR) is 131 cm³/mol. The van der Waals surface area contributed by atoms with Crippen LogP contribution in [0.3, 0.4) is 0 Å². The van der Waals surface area contributed by atoms with E-state index in [0.717, 1.165) is 38.7 Å². The fourth-order valence-electron chi connectivity index (χ4n) is 4.56. The van der Waals surface area contributed by atoms with Gasteiger partial charge in [-0.15, -0.1) is 0 Å². The van der Waals surface area contributed by atoms with Gasteiger partial charge in [-0.1, -0.05) is 30.3 Å². The Morgan fingerprint density at radius 3 is 2.56 bits per heavy atom. The normalized spacial score (nSPS) is 20.8. The summed E-state index contributed by atoms with van der Waals surface area (Å²) in [6, 6.07) is 10.8. The smallest absolute Gasteiger partial charge is 0.193 e. The van der Waals surface area contributed by atoms with Gasteiger partial charge in [0.25, 0.3) is 0 Å². The Kier molecular flexibility index (Phi) is 11.3. The van der Waals surface area contributed by atoms with Gasteiger partial charge < -0.3 is 24.6 Å². The molecule has 1 atom stereocenters. The number of benzene rings is 1. The van der Waals surface area contributed by atoms with Gasteiger partial charge in [0, 0.05) is 72.4 Å². The zero-order valence-corrected chi connectivity index (χ0v) is 20.2. The van der Waals surface area contributed by atoms with Crippen molar-refractivity contribution in [3.05, 3.63) is 35.9 Å². The lowest BCUT2D eigenvalue weighted by Gasteiger charge is -2.34. The highest BCUT2D eigenvalue weighted by molar-refractivity contribution is 5.80. The van der Waals surface area contributed by atoms with Crippen LogP contribution in [0.1, 0.15) is 24.8 Å². The third-order valence-corrected chi connectivity index (χ3v) is 6.48. The number of likely N-dealkylation sites (tertiary alicyclic amines) is 1. The van der Waals surface area contributed by atoms with E-state index in [1.165, 1.54) is 57.5 Å². The number of guanidine groups is 1. The lowest BCUT2D eigenvalue weighted by atomic mass is 10.1. The maximum absolute atomic E-state index is 5.71. The molecule has 2 fully saturated rings. The highest BCUT2D eigenvalue weighted by Crippen LogP contribution is 2.16. The van der Waals surface area contributed by atoms with Crippen molar-refractivity contribution in [2.24, 2.45) is 10.9 Å². The average molecular weight is 446 g/mol. The molecule has 0 radical (unpaired) electrons. The van der Waals surface area contributed by atoms with E-state index in [-0.39, 0.29) is 0 Å². The Morgan fingerprint density at radius 1 is 1.03 bits per heavy atom. The number of nitrogens with zero attached hydrogens (tertiary/aromatic N) is 4. The average Bonchev–Trinajstić information content (AvgIpc) is 3.29. The highest BCUT2D eigenvalue weighted by atomic mass is 16.5. The van der Waals surface area contributed by atoms with E-state index in [4.69, 9.17) is 9.47 Å². The Bertz CT molecular complexity index is 649. The molecule has 1 unspecified atom stereocenters. The van der Waals surface area contributed by atoms with E-state index in [1.54, 1.807) is 7.11 Å². The second kappa shape index (κ2) is 14.5. The van der Waals surface area contributed by atoms with Gasteiger partial charge in [0.1, 0.15) is 0 Å². The minimum atomic E-state index is 0.589. The van der Waals surface area contributed by atoms with E-state index >= 15 is 0 Å². The van der Waals surface area contributed by atoms with Gasteiger partial charge in [0.15, 0.2) is 5.96 Å². The number of aliphatic imine (C=N–C) groups is 1. The maximum atomic E-state index is 5.71. The minimum absolute atomic E-state index is 0.589. The molecule has 2 aliphatic heterocycles. The molecule has 3 rings (SSSR count). The van der Waals surface area contributed by atoms with Crippen LogP contribution in [0, 0.1) is 5.92 Å². The summed E-state index contributed by atoms with van der Waals surface area (Å²) in [5.74, 6) is 1.63. The molecule has 0 bridgehead atoms. The number of hydrogen-bond acceptors (Lipinski definition) is 5. The lowest BCUT2D eigenvalue weighted by Crippen LogP contribution is -2.46. The number of unbranched alkanes of at least 4 members (excludes halogenated alkanes) is 1. The minimum Gasteiger partial charge on any atom is -0.382 e. The van der Waals surface area contributed by atoms with Gasteiger partial charge in [-0.3, -0.25) is 9.89 Å². The number of nitrogens with one attached hydrogen (secondary N) is 1. The van der Waals surface area contributed by atoms with Crippen LogP contribution < -0.4 is 5.32 Å². The number of ether oxygens (including phenoxy) is 2. The molecule has 0 aromatic heterocycles. The van der Waals surface area contributed by atoms with E-state index in [2.05, 4.69) is 55.3 Å². The molecule has 7 nitrogen and oxygen atoms in total. The summed E-state index contributed by atoms with van der Waals surface area (Å²) < 4.78 is 10.7. The van der Waals surface area contributed by atoms with Crippen LogP contribution in [0.15, 0.2) is 35.3 Å². The lowest BCUT2D eigenvalue weighted by molar-refractivity contribution is 0.0536. The highest BCUT2D eigenvalue weighted by Gasteiger charge is 2.24. The molecular formula is C25H43N5O2. The van der Waals surface area contributed by atoms with Crippen LogP contribution >= 0.6 is 0 Å². The van der Waals surface area contributed by atoms with Gasteiger partial charge in [-0.2, -0.15) is 0 Å². The molecule has 2 heterocycles. The predicted octanol–water partition coefficient (Wildman–Crippen LogP) is 2.14. The molecule has 180 valence electrons. The Labute approximate surface area is 194 Å². The van der Waals surface area contributed by atoms with Crippen molar-refractivity contribution in [2.45, 2.75) is 25.8 Å². The zero-order chi connectivity index (χ0) is 22.4. The van der Waals surface area contributed by atoms with Crippen LogP contribution in [0.25, 0.3) is 0 Å². The molecule has 2 saturated heterocycles. The third kappa shape index (κ3) is 8.70. The van der Waals surface area contributed by atoms with Crippen LogP contribution in [0.4, 0.5) is 0 Å². The first kappa shape index (κ1) is 25.0. The summed E-state index contributed by atoms with van der Waals surface area (Å²) in [5.41, 5.74) is 1.42. The van der Waals surface area contributed by atoms with E-state index < -0.39 is 0 Å². The summed E-state index contributed by atoms with van der Waals surface area (Å²) >= 11 is 0. The van der Waals surface area contributed by atoms with Crippen LogP contribution in [-0.2, 0) is 16.0 Å². The maximum Gasteiger partial charge on any atom is 0.193 e. The molecule has 1 aromatic rings. The van der Waals surface area contributed by atoms with Crippen LogP contribution in [0.5, 0.6) is 0 Å². The molecule has 7 heteroatoms. The van der Waals surface area contributed by atoms with Gasteiger partial charge in [0.2, 0.25) is 0 Å². The SMILES string of the molecule is CN=C(NCCCCN1CCN(Cc2ccccc2)CC1)N1CCC(COCCOC)C1. The van der Waals surface area contributed by atoms with Crippen molar-refractivity contribution in [1.82, 2.24) is 20.0 Å². The second-order valence-electron chi connectivity index (χ2n) is 8.95. The van der Waals surface area contributed by atoms with Crippen molar-refractivity contribution in [3.63, 3.8) is 0 Å². The topological polar surface area (TPSA) is 52.6 Å². The molecule has 32 heavy (non-hydrogen) atoms. The molecule has 0 amide bonds. The number of hydrogen-bond donors (Lipinski definition) is 1. The molecule has 0 spiro atoms. The largest absolute Gasteiger partial charge is 0.382 e. The number of methoxy groups -OCH3 is 1. The fraction of sp³-hybridized carbons (Fsp3) is 0.720. The standard InChI is InChI=1S/C25H43N5O2/c1-26-25(30-13-10-24(21-30)22-32-19-18-31-2)27-11-6-7-12-28-14-16-29(17-15-28)20-23-8-4-3-5-9-23/h3-5,8-9,24H,6-7,10-22H2,1-2H3,(H,26,27).